The lowest BCUT2D eigenvalue weighted by atomic mass is 10.2. The molecule has 4 nitrogen and oxygen atoms in total. The molecule has 1 amide bonds. The van der Waals surface area contributed by atoms with Crippen molar-refractivity contribution in [2.24, 2.45) is 0 Å². The number of nitrogens with zero attached hydrogens (tertiary/aromatic N) is 1. The van der Waals surface area contributed by atoms with E-state index in [2.05, 4.69) is 53.9 Å². The summed E-state index contributed by atoms with van der Waals surface area (Å²) in [5, 5.41) is 5.24. The van der Waals surface area contributed by atoms with Gasteiger partial charge in [-0.3, -0.25) is 4.79 Å². The topological polar surface area (TPSA) is 43.3 Å². The molecule has 0 bridgehead atoms. The molecule has 142 valence electrons. The fraction of sp³-hybridized carbons (Fsp3) is 0.136. The summed E-state index contributed by atoms with van der Waals surface area (Å²) in [4.78, 5) is 12.7. The van der Waals surface area contributed by atoms with E-state index in [4.69, 9.17) is 4.74 Å². The van der Waals surface area contributed by atoms with Gasteiger partial charge in [0, 0.05) is 37.3 Å². The molecule has 0 spiro atoms. The van der Waals surface area contributed by atoms with E-state index in [0.29, 0.717) is 6.54 Å². The number of carbonyl (C=O) groups is 1. The van der Waals surface area contributed by atoms with Gasteiger partial charge in [-0.05, 0) is 54.1 Å². The van der Waals surface area contributed by atoms with Gasteiger partial charge in [0.2, 0.25) is 5.91 Å². The molecule has 6 heteroatoms. The van der Waals surface area contributed by atoms with Gasteiger partial charge in [0.15, 0.2) is 0 Å². The molecule has 1 N–H and O–H groups in total. The van der Waals surface area contributed by atoms with Gasteiger partial charge in [-0.15, -0.1) is 0 Å². The van der Waals surface area contributed by atoms with Crippen molar-refractivity contribution in [3.8, 4) is 5.75 Å². The number of fused-ring (bicyclic) bond motifs is 3. The molecule has 3 aromatic carbocycles. The van der Waals surface area contributed by atoms with E-state index in [1.165, 1.54) is 0 Å². The molecule has 0 atom stereocenters. The highest BCUT2D eigenvalue weighted by molar-refractivity contribution is 9.10. The highest BCUT2D eigenvalue weighted by Gasteiger charge is 2.14. The van der Waals surface area contributed by atoms with Crippen LogP contribution in [0.25, 0.3) is 21.8 Å². The predicted molar refractivity (Wildman–Crippen MR) is 120 cm³/mol. The summed E-state index contributed by atoms with van der Waals surface area (Å²) < 4.78 is 9.33. The second-order valence-corrected chi connectivity index (χ2v) is 8.37. The lowest BCUT2D eigenvalue weighted by Gasteiger charge is -2.10. The first kappa shape index (κ1) is 19.0. The average Bonchev–Trinajstić information content (AvgIpc) is 2.99. The van der Waals surface area contributed by atoms with Crippen LogP contribution >= 0.6 is 31.9 Å². The number of rotatable bonds is 5. The van der Waals surface area contributed by atoms with Crippen LogP contribution in [0.3, 0.4) is 0 Å². The third-order valence-corrected chi connectivity index (χ3v) is 5.70. The molecule has 0 saturated carbocycles. The van der Waals surface area contributed by atoms with Crippen LogP contribution in [0.15, 0.2) is 69.6 Å². The minimum Gasteiger partial charge on any atom is -0.497 e. The minimum absolute atomic E-state index is 0.0348. The Hall–Kier alpha value is -2.31. The number of hydrogen-bond donors (Lipinski definition) is 1. The molecule has 1 aromatic heterocycles. The Morgan fingerprint density at radius 3 is 2.21 bits per heavy atom. The maximum atomic E-state index is 12.7. The highest BCUT2D eigenvalue weighted by Crippen LogP contribution is 2.32. The van der Waals surface area contributed by atoms with Crippen LogP contribution in [0, 0.1) is 0 Å². The molecule has 0 aliphatic carbocycles. The summed E-state index contributed by atoms with van der Waals surface area (Å²) in [7, 11) is 1.64. The first-order valence-electron chi connectivity index (χ1n) is 8.82. The summed E-state index contributed by atoms with van der Waals surface area (Å²) in [6.07, 6.45) is 0. The molecular weight excluding hydrogens is 484 g/mol. The number of benzene rings is 3. The quantitative estimate of drug-likeness (QED) is 0.384. The molecule has 0 aliphatic heterocycles. The number of ether oxygens (including phenoxy) is 1. The number of nitrogens with one attached hydrogen (secondary N) is 1. The van der Waals surface area contributed by atoms with Crippen LogP contribution in [-0.4, -0.2) is 17.6 Å². The Morgan fingerprint density at radius 1 is 0.964 bits per heavy atom. The van der Waals surface area contributed by atoms with Crippen LogP contribution in [0.5, 0.6) is 5.75 Å². The Kier molecular flexibility index (Phi) is 5.42. The molecule has 4 aromatic rings. The summed E-state index contributed by atoms with van der Waals surface area (Å²) in [6, 6.07) is 20.0. The van der Waals surface area contributed by atoms with Gasteiger partial charge >= 0.3 is 0 Å². The number of halogens is 2. The van der Waals surface area contributed by atoms with Gasteiger partial charge in [0.05, 0.1) is 7.11 Å². The number of aromatic nitrogens is 1. The first-order chi connectivity index (χ1) is 13.5. The Balaban J connectivity index is 1.62. The van der Waals surface area contributed by atoms with Crippen molar-refractivity contribution in [2.45, 2.75) is 13.1 Å². The number of hydrogen-bond acceptors (Lipinski definition) is 2. The van der Waals surface area contributed by atoms with Crippen molar-refractivity contribution >= 4 is 59.6 Å². The van der Waals surface area contributed by atoms with Crippen molar-refractivity contribution < 1.29 is 9.53 Å². The van der Waals surface area contributed by atoms with E-state index in [1.807, 2.05) is 48.5 Å². The van der Waals surface area contributed by atoms with Crippen LogP contribution in [0.2, 0.25) is 0 Å². The van der Waals surface area contributed by atoms with E-state index in [0.717, 1.165) is 42.1 Å². The van der Waals surface area contributed by atoms with E-state index >= 15 is 0 Å². The second kappa shape index (κ2) is 7.97. The molecule has 0 unspecified atom stereocenters. The Morgan fingerprint density at radius 2 is 1.61 bits per heavy atom. The summed E-state index contributed by atoms with van der Waals surface area (Å²) in [5.41, 5.74) is 3.07. The summed E-state index contributed by atoms with van der Waals surface area (Å²) >= 11 is 7.10. The van der Waals surface area contributed by atoms with Crippen LogP contribution in [0.1, 0.15) is 5.56 Å². The smallest absolute Gasteiger partial charge is 0.240 e. The normalized spacial score (nSPS) is 11.1. The SMILES string of the molecule is COc1cccc(CNC(=O)Cn2c3ccc(Br)cc3c3cc(Br)ccc32)c1. The second-order valence-electron chi connectivity index (χ2n) is 6.54. The van der Waals surface area contributed by atoms with E-state index in [9.17, 15) is 4.79 Å². The molecule has 0 radical (unpaired) electrons. The zero-order chi connectivity index (χ0) is 19.7. The fourth-order valence-electron chi connectivity index (χ4n) is 3.40. The van der Waals surface area contributed by atoms with Gasteiger partial charge in [0.1, 0.15) is 12.3 Å². The van der Waals surface area contributed by atoms with E-state index in [1.54, 1.807) is 7.11 Å². The standard InChI is InChI=1S/C22H18Br2N2O2/c1-28-17-4-2-3-14(9-17)12-25-22(27)13-26-20-7-5-15(23)10-18(20)19-11-16(24)6-8-21(19)26/h2-11H,12-13H2,1H3,(H,25,27). The third-order valence-electron chi connectivity index (χ3n) is 4.71. The fourth-order valence-corrected chi connectivity index (χ4v) is 4.12. The van der Waals surface area contributed by atoms with Gasteiger partial charge in [0.25, 0.3) is 0 Å². The predicted octanol–water partition coefficient (Wildman–Crippen LogP) is 5.64. The maximum absolute atomic E-state index is 12.7. The summed E-state index contributed by atoms with van der Waals surface area (Å²) in [5.74, 6) is 0.748. The molecule has 1 heterocycles. The third kappa shape index (κ3) is 3.80. The van der Waals surface area contributed by atoms with Crippen molar-refractivity contribution in [1.82, 2.24) is 9.88 Å². The van der Waals surface area contributed by atoms with E-state index < -0.39 is 0 Å². The minimum atomic E-state index is -0.0348. The zero-order valence-electron chi connectivity index (χ0n) is 15.2. The lowest BCUT2D eigenvalue weighted by Crippen LogP contribution is -2.27. The largest absolute Gasteiger partial charge is 0.497 e. The zero-order valence-corrected chi connectivity index (χ0v) is 18.4. The first-order valence-corrected chi connectivity index (χ1v) is 10.4. The average molecular weight is 502 g/mol. The molecule has 28 heavy (non-hydrogen) atoms. The van der Waals surface area contributed by atoms with Gasteiger partial charge in [-0.1, -0.05) is 44.0 Å². The lowest BCUT2D eigenvalue weighted by molar-refractivity contribution is -0.121. The number of amides is 1. The van der Waals surface area contributed by atoms with Crippen molar-refractivity contribution in [2.75, 3.05) is 7.11 Å². The number of methoxy groups -OCH3 is 1. The number of carbonyl (C=O) groups excluding carboxylic acids is 1. The molecule has 0 fully saturated rings. The molecule has 4 rings (SSSR count). The van der Waals surface area contributed by atoms with Crippen molar-refractivity contribution in [3.63, 3.8) is 0 Å². The van der Waals surface area contributed by atoms with Crippen LogP contribution in [-0.2, 0) is 17.9 Å². The van der Waals surface area contributed by atoms with Gasteiger partial charge in [-0.25, -0.2) is 0 Å². The maximum Gasteiger partial charge on any atom is 0.240 e. The van der Waals surface area contributed by atoms with E-state index in [-0.39, 0.29) is 12.5 Å². The monoisotopic (exact) mass is 500 g/mol. The molecule has 0 aliphatic rings. The molecule has 0 saturated heterocycles. The summed E-state index contributed by atoms with van der Waals surface area (Å²) in [6.45, 7) is 0.720. The van der Waals surface area contributed by atoms with Gasteiger partial charge < -0.3 is 14.6 Å². The highest BCUT2D eigenvalue weighted by atomic mass is 79.9. The van der Waals surface area contributed by atoms with Crippen LogP contribution in [0.4, 0.5) is 0 Å². The van der Waals surface area contributed by atoms with Crippen LogP contribution < -0.4 is 10.1 Å². The van der Waals surface area contributed by atoms with Gasteiger partial charge in [-0.2, -0.15) is 0 Å². The Labute approximate surface area is 179 Å². The van der Waals surface area contributed by atoms with Crippen molar-refractivity contribution in [3.05, 3.63) is 75.2 Å². The van der Waals surface area contributed by atoms with Crippen molar-refractivity contribution in [1.29, 1.82) is 0 Å². The molecular formula is C22H18Br2N2O2. The Bertz CT molecular complexity index is 1120.